The van der Waals surface area contributed by atoms with Crippen LogP contribution in [-0.4, -0.2) is 105 Å². The molecule has 0 saturated heterocycles. The van der Waals surface area contributed by atoms with Gasteiger partial charge in [0.25, 0.3) is 5.91 Å². The summed E-state index contributed by atoms with van der Waals surface area (Å²) >= 11 is 0. The minimum absolute atomic E-state index is 0. The van der Waals surface area contributed by atoms with Crippen molar-refractivity contribution in [3.63, 3.8) is 0 Å². The number of rotatable bonds is 16. The first-order chi connectivity index (χ1) is 32.8. The van der Waals surface area contributed by atoms with Gasteiger partial charge in [0.15, 0.2) is 0 Å². The molecule has 0 spiro atoms. The maximum atomic E-state index is 14.0. The zero-order chi connectivity index (χ0) is 49.8. The predicted octanol–water partition coefficient (Wildman–Crippen LogP) is 7.74. The first-order valence-corrected chi connectivity index (χ1v) is 25.4. The molecule has 0 radical (unpaired) electrons. The molecule has 0 bridgehead atoms. The number of fused-ring (bicyclic) bond motifs is 5. The molecule has 4 aliphatic carbocycles. The van der Waals surface area contributed by atoms with E-state index < -0.39 is 36.4 Å². The van der Waals surface area contributed by atoms with Crippen molar-refractivity contribution in [2.75, 3.05) is 5.32 Å². The monoisotopic (exact) mass is 988 g/mol. The molecule has 4 fully saturated rings. The Balaban J connectivity index is 0.000000242. The summed E-state index contributed by atoms with van der Waals surface area (Å²) in [6, 6.07) is 24.7. The molecule has 11 nitrogen and oxygen atoms in total. The first-order valence-electron chi connectivity index (χ1n) is 25.4. The molecule has 13 heteroatoms. The number of amides is 1. The van der Waals surface area contributed by atoms with Crippen molar-refractivity contribution in [2.24, 2.45) is 46.3 Å². The molecule has 12 atom stereocenters. The fourth-order valence-corrected chi connectivity index (χ4v) is 13.9. The number of carboxylic acids is 2. The number of hydrogen-bond acceptors (Lipinski definition) is 9. The number of carbonyl (C=O) groups excluding carboxylic acids is 3. The van der Waals surface area contributed by atoms with Crippen LogP contribution in [0, 0.1) is 52.2 Å². The molecule has 1 amide bonds. The molecule has 1 heterocycles. The Morgan fingerprint density at radius 1 is 0.771 bits per heavy atom. The normalized spacial score (nSPS) is 28.1. The van der Waals surface area contributed by atoms with Crippen molar-refractivity contribution in [2.45, 2.75) is 155 Å². The second-order valence-corrected chi connectivity index (χ2v) is 21.7. The number of para-hydroxylation sites is 1. The number of nitrogens with one attached hydrogen (secondary N) is 1. The Morgan fingerprint density at radius 2 is 1.40 bits per heavy atom. The van der Waals surface area contributed by atoms with Gasteiger partial charge in [-0.2, -0.15) is 0 Å². The van der Waals surface area contributed by atoms with E-state index in [0.717, 1.165) is 36.9 Å². The Kier molecular flexibility index (Phi) is 19.1. The average molecular weight is 989 g/mol. The van der Waals surface area contributed by atoms with Crippen LogP contribution in [0.15, 0.2) is 84.9 Å². The summed E-state index contributed by atoms with van der Waals surface area (Å²) in [4.78, 5) is 35.8. The predicted molar refractivity (Wildman–Crippen MR) is 266 cm³/mol. The van der Waals surface area contributed by atoms with Crippen LogP contribution in [-0.2, 0) is 16.1 Å². The van der Waals surface area contributed by atoms with Crippen LogP contribution in [0.25, 0.3) is 22.4 Å². The first kappa shape index (κ1) is 55.7. The van der Waals surface area contributed by atoms with Gasteiger partial charge in [-0.15, -0.1) is 0 Å². The van der Waals surface area contributed by atoms with Crippen molar-refractivity contribution in [1.82, 2.24) is 4.57 Å². The van der Waals surface area contributed by atoms with Crippen molar-refractivity contribution in [3.8, 4) is 22.4 Å². The summed E-state index contributed by atoms with van der Waals surface area (Å²) in [5.41, 5.74) is 5.21. The molecule has 0 unspecified atom stereocenters. The summed E-state index contributed by atoms with van der Waals surface area (Å²) in [7, 11) is 0. The van der Waals surface area contributed by atoms with Crippen LogP contribution in [0.4, 0.5) is 10.1 Å². The maximum Gasteiger partial charge on any atom is 2.00 e. The molecule has 4 aliphatic rings. The van der Waals surface area contributed by atoms with Gasteiger partial charge >= 0.3 is 37.7 Å². The molecule has 4 saturated carbocycles. The molecule has 0 aliphatic heterocycles. The van der Waals surface area contributed by atoms with E-state index in [1.165, 1.54) is 37.8 Å². The Morgan fingerprint density at radius 3 is 2.03 bits per heavy atom. The largest absolute Gasteiger partial charge is 2.00 e. The van der Waals surface area contributed by atoms with Gasteiger partial charge in [0.2, 0.25) is 0 Å². The maximum absolute atomic E-state index is 14.0. The number of carboxylic acid groups (broad SMARTS) is 2. The molecule has 3 aromatic carbocycles. The number of benzene rings is 3. The topological polar surface area (TPSA) is 195 Å². The molecular weight excluding hydrogens is 916 g/mol. The van der Waals surface area contributed by atoms with E-state index in [1.54, 1.807) is 24.3 Å². The zero-order valence-electron chi connectivity index (χ0n) is 41.7. The van der Waals surface area contributed by atoms with E-state index >= 15 is 0 Å². The van der Waals surface area contributed by atoms with Gasteiger partial charge in [-0.1, -0.05) is 83.1 Å². The SMILES string of the molecule is CC(C)c1c(C(=O)Nc2ccccc2)c(-c2ccccc2)c(-c2ccc(F)cc2)n1CC[C@@H](O)C[C@@H](O)CC(=O)[O-].C[C@H](CCC(=O)[O-])[C@H]1CC[C@H]2[C@@H]3[C@@H](O)C[C@@H]4C[C@H](O)CC[C@]4(C)[C@H]3CC[C@]12C.[Ca+2]. The Hall–Kier alpha value is -3.62. The number of aromatic nitrogens is 1. The van der Waals surface area contributed by atoms with Crippen LogP contribution < -0.4 is 15.5 Å². The second kappa shape index (κ2) is 23.9. The van der Waals surface area contributed by atoms with E-state index in [4.69, 9.17) is 0 Å². The van der Waals surface area contributed by atoms with Gasteiger partial charge in [-0.3, -0.25) is 4.79 Å². The minimum Gasteiger partial charge on any atom is -0.550 e. The molecule has 4 aromatic rings. The number of aliphatic hydroxyl groups is 4. The number of anilines is 1. The van der Waals surface area contributed by atoms with Gasteiger partial charge in [0, 0.05) is 41.8 Å². The third-order valence-corrected chi connectivity index (χ3v) is 17.1. The minimum atomic E-state index is -1.39. The van der Waals surface area contributed by atoms with Crippen molar-refractivity contribution in [1.29, 1.82) is 0 Å². The van der Waals surface area contributed by atoms with E-state index in [1.807, 2.05) is 66.9 Å². The van der Waals surface area contributed by atoms with Gasteiger partial charge < -0.3 is 50.1 Å². The summed E-state index contributed by atoms with van der Waals surface area (Å²) in [5.74, 6) is -0.211. The molecule has 5 N–H and O–H groups in total. The smallest absolute Gasteiger partial charge is 0.550 e. The fraction of sp³-hybridized carbons (Fsp3) is 0.561. The summed E-state index contributed by atoms with van der Waals surface area (Å²) in [6.07, 6.45) is 6.15. The number of nitrogens with zero attached hydrogens (tertiary/aromatic N) is 1. The molecular formula is C57H73CaFN2O9. The van der Waals surface area contributed by atoms with Gasteiger partial charge in [-0.05, 0) is 177 Å². The molecule has 8 rings (SSSR count). The van der Waals surface area contributed by atoms with Crippen LogP contribution in [0.2, 0.25) is 0 Å². The van der Waals surface area contributed by atoms with Gasteiger partial charge in [0.05, 0.1) is 35.7 Å². The zero-order valence-corrected chi connectivity index (χ0v) is 43.9. The van der Waals surface area contributed by atoms with Crippen LogP contribution in [0.1, 0.15) is 140 Å². The fourth-order valence-electron chi connectivity index (χ4n) is 13.9. The number of carbonyl (C=O) groups is 3. The average Bonchev–Trinajstić information content (AvgIpc) is 3.84. The number of hydrogen-bond donors (Lipinski definition) is 5. The van der Waals surface area contributed by atoms with Crippen molar-refractivity contribution >= 4 is 61.3 Å². The van der Waals surface area contributed by atoms with Crippen LogP contribution in [0.5, 0.6) is 0 Å². The van der Waals surface area contributed by atoms with Crippen LogP contribution >= 0.6 is 0 Å². The second-order valence-electron chi connectivity index (χ2n) is 21.7. The Labute approximate surface area is 443 Å². The summed E-state index contributed by atoms with van der Waals surface area (Å²) in [6.45, 7) is 11.3. The quantitative estimate of drug-likeness (QED) is 0.0698. The van der Waals surface area contributed by atoms with Crippen LogP contribution in [0.3, 0.4) is 0 Å². The van der Waals surface area contributed by atoms with E-state index in [0.29, 0.717) is 70.0 Å². The molecule has 1 aromatic heterocycles. The van der Waals surface area contributed by atoms with E-state index in [2.05, 4.69) is 26.1 Å². The van der Waals surface area contributed by atoms with Gasteiger partial charge in [0.1, 0.15) is 5.82 Å². The number of aliphatic carboxylic acids is 2. The standard InChI is InChI=1S/C33H35FN2O5.C24H40O4.Ca/c1-21(2)31-30(33(41)35-25-11-7-4-8-12-25)29(22-9-5-3-6-10-22)32(23-13-15-24(34)16-14-23)36(31)18-17-26(37)19-27(38)20-28(39)40;1-14(4-7-21(27)28)17-5-6-18-22-19(9-11-24(17,18)3)23(2)10-8-16(25)12-15(23)13-20(22)26;/h3-16,21,26-27,37-38H,17-20H2,1-2H3,(H,35,41)(H,39,40);14-20,22,25-26H,4-13H2,1-3H3,(H,27,28);/q;;+2/p-2/t26-,27-;14-,15+,16-,17-,18+,19+,20+,22+,23+,24-;/m11./s1. The molecule has 374 valence electrons. The third-order valence-electron chi connectivity index (χ3n) is 17.1. The summed E-state index contributed by atoms with van der Waals surface area (Å²) < 4.78 is 16.0. The molecule has 70 heavy (non-hydrogen) atoms. The van der Waals surface area contributed by atoms with Crippen molar-refractivity contribution < 1.29 is 49.4 Å². The van der Waals surface area contributed by atoms with E-state index in [-0.39, 0.29) is 98.4 Å². The Bertz CT molecular complexity index is 2380. The van der Waals surface area contributed by atoms with E-state index in [9.17, 15) is 49.4 Å². The summed E-state index contributed by atoms with van der Waals surface area (Å²) in [5, 5.41) is 67.0. The third kappa shape index (κ3) is 12.2. The number of aliphatic hydroxyl groups excluding tert-OH is 4. The van der Waals surface area contributed by atoms with Gasteiger partial charge in [-0.25, -0.2) is 4.39 Å². The number of halogens is 1. The van der Waals surface area contributed by atoms with Crippen molar-refractivity contribution in [3.05, 3.63) is 102 Å².